The molecule has 1 aromatic carbocycles. The first-order valence-electron chi connectivity index (χ1n) is 5.60. The maximum Gasteiger partial charge on any atom is 0.128 e. The van der Waals surface area contributed by atoms with Crippen molar-refractivity contribution in [2.45, 2.75) is 26.0 Å². The minimum atomic E-state index is -0.313. The summed E-state index contributed by atoms with van der Waals surface area (Å²) in [5.74, 6) is 0.0889. The Balaban J connectivity index is 2.20. The number of fused-ring (bicyclic) bond motifs is 1. The van der Waals surface area contributed by atoms with Gasteiger partial charge in [-0.05, 0) is 31.5 Å². The van der Waals surface area contributed by atoms with Crippen LogP contribution in [-0.4, -0.2) is 30.0 Å². The molecule has 0 radical (unpaired) electrons. The molecular weight excluding hydrogens is 219 g/mol. The Morgan fingerprint density at radius 1 is 1.47 bits per heavy atom. The first kappa shape index (κ1) is 12.0. The molecule has 1 heterocycles. The molecule has 0 atom stereocenters. The summed E-state index contributed by atoms with van der Waals surface area (Å²) < 4.78 is 18.5. The standard InChI is InChI=1S/C13H17FN2O/c1-13(2,17-3)8-16-7-9-4-5-10(14)6-11(9)12(16)15/h4-6,15H,7-8H2,1-3H3. The van der Waals surface area contributed by atoms with E-state index in [4.69, 9.17) is 10.1 Å². The van der Waals surface area contributed by atoms with Gasteiger partial charge in [0, 0.05) is 25.8 Å². The molecule has 1 aliphatic rings. The van der Waals surface area contributed by atoms with Crippen molar-refractivity contribution in [2.75, 3.05) is 13.7 Å². The van der Waals surface area contributed by atoms with Gasteiger partial charge in [0.1, 0.15) is 11.7 Å². The van der Waals surface area contributed by atoms with Gasteiger partial charge in [-0.2, -0.15) is 0 Å². The van der Waals surface area contributed by atoms with Crippen LogP contribution in [0.5, 0.6) is 0 Å². The van der Waals surface area contributed by atoms with Crippen LogP contribution in [0.25, 0.3) is 0 Å². The average Bonchev–Trinajstić information content (AvgIpc) is 2.56. The SMILES string of the molecule is COC(C)(C)CN1Cc2ccc(F)cc2C1=N. The van der Waals surface area contributed by atoms with E-state index in [0.29, 0.717) is 24.5 Å². The van der Waals surface area contributed by atoms with E-state index in [1.165, 1.54) is 12.1 Å². The van der Waals surface area contributed by atoms with Gasteiger partial charge in [0.05, 0.1) is 5.60 Å². The zero-order valence-corrected chi connectivity index (χ0v) is 10.4. The predicted molar refractivity (Wildman–Crippen MR) is 64.7 cm³/mol. The molecule has 0 saturated carbocycles. The lowest BCUT2D eigenvalue weighted by atomic mass is 10.1. The van der Waals surface area contributed by atoms with Crippen molar-refractivity contribution in [3.63, 3.8) is 0 Å². The topological polar surface area (TPSA) is 36.3 Å². The molecular formula is C13H17FN2O. The normalized spacial score (nSPS) is 15.3. The third-order valence-corrected chi connectivity index (χ3v) is 3.13. The maximum atomic E-state index is 13.1. The molecule has 0 spiro atoms. The van der Waals surface area contributed by atoms with Crippen molar-refractivity contribution in [2.24, 2.45) is 0 Å². The second-order valence-electron chi connectivity index (χ2n) is 4.97. The molecule has 1 aliphatic heterocycles. The van der Waals surface area contributed by atoms with Gasteiger partial charge in [-0.25, -0.2) is 4.39 Å². The summed E-state index contributed by atoms with van der Waals surface area (Å²) in [7, 11) is 1.66. The van der Waals surface area contributed by atoms with Crippen molar-refractivity contribution in [3.8, 4) is 0 Å². The number of nitrogens with zero attached hydrogens (tertiary/aromatic N) is 1. The molecule has 4 heteroatoms. The molecule has 0 amide bonds. The lowest BCUT2D eigenvalue weighted by Gasteiger charge is -2.29. The van der Waals surface area contributed by atoms with Crippen molar-refractivity contribution >= 4 is 5.84 Å². The smallest absolute Gasteiger partial charge is 0.128 e. The quantitative estimate of drug-likeness (QED) is 0.874. The minimum absolute atomic E-state index is 0.290. The summed E-state index contributed by atoms with van der Waals surface area (Å²) in [4.78, 5) is 1.91. The van der Waals surface area contributed by atoms with Crippen molar-refractivity contribution in [1.29, 1.82) is 5.41 Å². The monoisotopic (exact) mass is 236 g/mol. The summed E-state index contributed by atoms with van der Waals surface area (Å²) >= 11 is 0. The Labute approximate surface area is 101 Å². The second kappa shape index (κ2) is 4.11. The molecule has 92 valence electrons. The third-order valence-electron chi connectivity index (χ3n) is 3.13. The Morgan fingerprint density at radius 3 is 2.82 bits per heavy atom. The summed E-state index contributed by atoms with van der Waals surface area (Å²) in [6, 6.07) is 4.62. The fourth-order valence-electron chi connectivity index (χ4n) is 2.02. The molecule has 0 aromatic heterocycles. The van der Waals surface area contributed by atoms with Gasteiger partial charge in [-0.3, -0.25) is 5.41 Å². The molecule has 0 bridgehead atoms. The van der Waals surface area contributed by atoms with Crippen LogP contribution in [0.3, 0.4) is 0 Å². The highest BCUT2D eigenvalue weighted by Crippen LogP contribution is 2.25. The molecule has 1 N–H and O–H groups in total. The number of benzene rings is 1. The predicted octanol–water partition coefficient (Wildman–Crippen LogP) is 2.39. The molecule has 0 aliphatic carbocycles. The van der Waals surface area contributed by atoms with E-state index < -0.39 is 0 Å². The highest BCUT2D eigenvalue weighted by molar-refractivity contribution is 6.00. The number of nitrogens with one attached hydrogen (secondary N) is 1. The van der Waals surface area contributed by atoms with Crippen LogP contribution in [0.2, 0.25) is 0 Å². The number of hydrogen-bond acceptors (Lipinski definition) is 2. The molecule has 3 nitrogen and oxygen atoms in total. The van der Waals surface area contributed by atoms with Gasteiger partial charge in [-0.1, -0.05) is 6.07 Å². The number of ether oxygens (including phenoxy) is 1. The van der Waals surface area contributed by atoms with Crippen LogP contribution < -0.4 is 0 Å². The Hall–Kier alpha value is -1.42. The summed E-state index contributed by atoms with van der Waals surface area (Å²) in [6.07, 6.45) is 0. The Kier molecular flexibility index (Phi) is 2.91. The summed E-state index contributed by atoms with van der Waals surface area (Å²) in [5.41, 5.74) is 1.38. The highest BCUT2D eigenvalue weighted by atomic mass is 19.1. The summed E-state index contributed by atoms with van der Waals surface area (Å²) in [5, 5.41) is 8.04. The molecule has 0 fully saturated rings. The molecule has 2 rings (SSSR count). The van der Waals surface area contributed by atoms with Crippen LogP contribution in [0.4, 0.5) is 4.39 Å². The van der Waals surface area contributed by atoms with Crippen molar-refractivity contribution in [3.05, 3.63) is 35.1 Å². The maximum absolute atomic E-state index is 13.1. The average molecular weight is 236 g/mol. The van der Waals surface area contributed by atoms with Crippen LogP contribution >= 0.6 is 0 Å². The van der Waals surface area contributed by atoms with Crippen LogP contribution in [0.15, 0.2) is 18.2 Å². The zero-order valence-electron chi connectivity index (χ0n) is 10.4. The van der Waals surface area contributed by atoms with E-state index in [0.717, 1.165) is 5.56 Å². The number of rotatable bonds is 3. The zero-order chi connectivity index (χ0) is 12.6. The van der Waals surface area contributed by atoms with E-state index in [1.54, 1.807) is 13.2 Å². The minimum Gasteiger partial charge on any atom is -0.377 e. The Morgan fingerprint density at radius 2 is 2.18 bits per heavy atom. The van der Waals surface area contributed by atoms with E-state index in [2.05, 4.69) is 0 Å². The van der Waals surface area contributed by atoms with Crippen LogP contribution in [0.1, 0.15) is 25.0 Å². The number of amidine groups is 1. The first-order valence-corrected chi connectivity index (χ1v) is 5.60. The number of halogens is 1. The molecule has 0 saturated heterocycles. The van der Waals surface area contributed by atoms with E-state index in [-0.39, 0.29) is 11.4 Å². The third kappa shape index (κ3) is 2.31. The van der Waals surface area contributed by atoms with Gasteiger partial charge in [-0.15, -0.1) is 0 Å². The van der Waals surface area contributed by atoms with Crippen molar-refractivity contribution < 1.29 is 9.13 Å². The van der Waals surface area contributed by atoms with Gasteiger partial charge in [0.2, 0.25) is 0 Å². The fraction of sp³-hybridized carbons (Fsp3) is 0.462. The van der Waals surface area contributed by atoms with Gasteiger partial charge >= 0.3 is 0 Å². The van der Waals surface area contributed by atoms with Gasteiger partial charge in [0.15, 0.2) is 0 Å². The number of hydrogen-bond donors (Lipinski definition) is 1. The molecule has 17 heavy (non-hydrogen) atoms. The van der Waals surface area contributed by atoms with E-state index >= 15 is 0 Å². The summed E-state index contributed by atoms with van der Waals surface area (Å²) in [6.45, 7) is 5.23. The van der Waals surface area contributed by atoms with Gasteiger partial charge in [0.25, 0.3) is 0 Å². The van der Waals surface area contributed by atoms with Crippen LogP contribution in [-0.2, 0) is 11.3 Å². The molecule has 0 unspecified atom stereocenters. The fourth-order valence-corrected chi connectivity index (χ4v) is 2.02. The second-order valence-corrected chi connectivity index (χ2v) is 4.97. The highest BCUT2D eigenvalue weighted by Gasteiger charge is 2.29. The van der Waals surface area contributed by atoms with Gasteiger partial charge < -0.3 is 9.64 Å². The number of methoxy groups -OCH3 is 1. The van der Waals surface area contributed by atoms with Crippen LogP contribution in [0, 0.1) is 11.2 Å². The Bertz CT molecular complexity index is 457. The largest absolute Gasteiger partial charge is 0.377 e. The van der Waals surface area contributed by atoms with E-state index in [9.17, 15) is 4.39 Å². The lowest BCUT2D eigenvalue weighted by Crippen LogP contribution is -2.40. The lowest BCUT2D eigenvalue weighted by molar-refractivity contribution is 0.00577. The van der Waals surface area contributed by atoms with E-state index in [1.807, 2.05) is 18.7 Å². The molecule has 1 aromatic rings. The first-order chi connectivity index (χ1) is 7.93. The van der Waals surface area contributed by atoms with Crippen molar-refractivity contribution in [1.82, 2.24) is 4.90 Å².